The first-order valence-corrected chi connectivity index (χ1v) is 7.40. The van der Waals surface area contributed by atoms with Gasteiger partial charge in [-0.1, -0.05) is 0 Å². The molecule has 1 N–H and O–H groups in total. The normalized spacial score (nSPS) is 17.4. The fourth-order valence-electron chi connectivity index (χ4n) is 2.50. The highest BCUT2D eigenvalue weighted by Crippen LogP contribution is 2.25. The van der Waals surface area contributed by atoms with Crippen molar-refractivity contribution in [2.24, 2.45) is 0 Å². The van der Waals surface area contributed by atoms with Crippen molar-refractivity contribution < 1.29 is 18.7 Å². The maximum absolute atomic E-state index is 12.0. The van der Waals surface area contributed by atoms with Crippen LogP contribution in [0, 0.1) is 6.92 Å². The maximum atomic E-state index is 12.0. The van der Waals surface area contributed by atoms with E-state index < -0.39 is 6.10 Å². The van der Waals surface area contributed by atoms with E-state index in [-0.39, 0.29) is 11.8 Å². The summed E-state index contributed by atoms with van der Waals surface area (Å²) in [5.41, 5.74) is 2.01. The highest BCUT2D eigenvalue weighted by Gasteiger charge is 2.30. The van der Waals surface area contributed by atoms with Crippen molar-refractivity contribution in [2.75, 3.05) is 18.9 Å². The second-order valence-electron chi connectivity index (χ2n) is 5.60. The maximum Gasteiger partial charge on any atom is 0.263 e. The Morgan fingerprint density at radius 2 is 2.22 bits per heavy atom. The van der Waals surface area contributed by atoms with Gasteiger partial charge in [0.1, 0.15) is 12.0 Å². The summed E-state index contributed by atoms with van der Waals surface area (Å²) in [4.78, 5) is 25.6. The van der Waals surface area contributed by atoms with Gasteiger partial charge in [0.25, 0.3) is 11.8 Å². The van der Waals surface area contributed by atoms with Gasteiger partial charge in [0.2, 0.25) is 0 Å². The number of anilines is 1. The Balaban J connectivity index is 1.68. The summed E-state index contributed by atoms with van der Waals surface area (Å²) in [5, 5.41) is 2.82. The molecule has 1 aliphatic heterocycles. The summed E-state index contributed by atoms with van der Waals surface area (Å²) < 4.78 is 10.7. The third-order valence-electron chi connectivity index (χ3n) is 3.89. The number of hydrogen-bond acceptors (Lipinski definition) is 4. The molecule has 1 unspecified atom stereocenters. The lowest BCUT2D eigenvalue weighted by atomic mass is 10.1. The fraction of sp³-hybridized carbons (Fsp3) is 0.294. The van der Waals surface area contributed by atoms with Crippen molar-refractivity contribution >= 4 is 17.5 Å². The van der Waals surface area contributed by atoms with E-state index in [0.717, 1.165) is 5.56 Å². The van der Waals surface area contributed by atoms with E-state index in [1.807, 2.05) is 13.0 Å². The number of carbonyl (C=O) groups excluding carboxylic acids is 2. The minimum Gasteiger partial charge on any atom is -0.481 e. The van der Waals surface area contributed by atoms with Gasteiger partial charge in [-0.05, 0) is 36.8 Å². The summed E-state index contributed by atoms with van der Waals surface area (Å²) in [5.74, 6) is 0.389. The van der Waals surface area contributed by atoms with Gasteiger partial charge in [-0.3, -0.25) is 9.59 Å². The number of likely N-dealkylation sites (N-methyl/N-ethyl adjacent to an activating group) is 1. The summed E-state index contributed by atoms with van der Waals surface area (Å²) in [6.07, 6.45) is 3.11. The molecule has 0 radical (unpaired) electrons. The molecular formula is C17H18N2O4. The average Bonchev–Trinajstić information content (AvgIpc) is 3.16. The number of aryl methyl sites for hydroxylation is 1. The highest BCUT2D eigenvalue weighted by atomic mass is 16.5. The van der Waals surface area contributed by atoms with Crippen LogP contribution in [-0.4, -0.2) is 36.4 Å². The second kappa shape index (κ2) is 6.16. The van der Waals surface area contributed by atoms with Gasteiger partial charge in [-0.2, -0.15) is 0 Å². The average molecular weight is 314 g/mol. The number of nitrogens with zero attached hydrogens (tertiary/aromatic N) is 1. The lowest BCUT2D eigenvalue weighted by Crippen LogP contribution is -2.29. The van der Waals surface area contributed by atoms with Crippen molar-refractivity contribution in [3.8, 4) is 5.75 Å². The topological polar surface area (TPSA) is 71.8 Å². The predicted octanol–water partition coefficient (Wildman–Crippen LogP) is 2.45. The van der Waals surface area contributed by atoms with E-state index in [4.69, 9.17) is 9.15 Å². The molecular weight excluding hydrogens is 296 g/mol. The van der Waals surface area contributed by atoms with Crippen LogP contribution in [0.5, 0.6) is 5.75 Å². The molecule has 1 aromatic carbocycles. The quantitative estimate of drug-likeness (QED) is 0.941. The Morgan fingerprint density at radius 1 is 1.39 bits per heavy atom. The Labute approximate surface area is 134 Å². The summed E-state index contributed by atoms with van der Waals surface area (Å²) in [6, 6.07) is 6.94. The Morgan fingerprint density at radius 3 is 2.83 bits per heavy atom. The van der Waals surface area contributed by atoms with Crippen LogP contribution in [0.4, 0.5) is 5.69 Å². The minimum atomic E-state index is -0.425. The standard InChI is InChI=1S/C17H18N2O4/c1-11-9-13(23-15-5-7-19(2)17(15)21)3-4-14(11)18-16(20)12-6-8-22-10-12/h3-4,6,8-10,15H,5,7H2,1-2H3,(H,18,20). The van der Waals surface area contributed by atoms with Crippen LogP contribution < -0.4 is 10.1 Å². The van der Waals surface area contributed by atoms with Crippen LogP contribution in [0.25, 0.3) is 0 Å². The SMILES string of the molecule is Cc1cc(OC2CCN(C)C2=O)ccc1NC(=O)c1ccoc1. The number of likely N-dealkylation sites (tertiary alicyclic amines) is 1. The van der Waals surface area contributed by atoms with Crippen molar-refractivity contribution in [1.29, 1.82) is 0 Å². The van der Waals surface area contributed by atoms with Gasteiger partial charge in [0.05, 0.1) is 11.8 Å². The molecule has 2 amide bonds. The monoisotopic (exact) mass is 314 g/mol. The molecule has 2 heterocycles. The van der Waals surface area contributed by atoms with Crippen molar-refractivity contribution in [1.82, 2.24) is 4.90 Å². The molecule has 1 atom stereocenters. The first kappa shape index (κ1) is 15.1. The van der Waals surface area contributed by atoms with Crippen LogP contribution in [0.15, 0.2) is 41.2 Å². The predicted molar refractivity (Wildman–Crippen MR) is 84.5 cm³/mol. The zero-order chi connectivity index (χ0) is 16.4. The van der Waals surface area contributed by atoms with E-state index in [2.05, 4.69) is 5.32 Å². The number of hydrogen-bond donors (Lipinski definition) is 1. The Hall–Kier alpha value is -2.76. The minimum absolute atomic E-state index is 0.00000912. The van der Waals surface area contributed by atoms with E-state index in [1.165, 1.54) is 12.5 Å². The number of ether oxygens (including phenoxy) is 1. The summed E-state index contributed by atoms with van der Waals surface area (Å²) in [6.45, 7) is 2.59. The molecule has 2 aromatic rings. The van der Waals surface area contributed by atoms with Gasteiger partial charge in [-0.25, -0.2) is 0 Å². The largest absolute Gasteiger partial charge is 0.481 e. The number of nitrogens with one attached hydrogen (secondary N) is 1. The third kappa shape index (κ3) is 3.21. The van der Waals surface area contributed by atoms with E-state index >= 15 is 0 Å². The fourth-order valence-corrected chi connectivity index (χ4v) is 2.50. The van der Waals surface area contributed by atoms with Crippen LogP contribution >= 0.6 is 0 Å². The van der Waals surface area contributed by atoms with Crippen LogP contribution in [-0.2, 0) is 4.79 Å². The lowest BCUT2D eigenvalue weighted by Gasteiger charge is -2.15. The molecule has 3 rings (SSSR count). The Bertz CT molecular complexity index is 724. The molecule has 0 bridgehead atoms. The van der Waals surface area contributed by atoms with E-state index in [1.54, 1.807) is 30.1 Å². The number of rotatable bonds is 4. The van der Waals surface area contributed by atoms with Crippen LogP contribution in [0.2, 0.25) is 0 Å². The zero-order valence-corrected chi connectivity index (χ0v) is 13.0. The van der Waals surface area contributed by atoms with Crippen molar-refractivity contribution in [3.05, 3.63) is 47.9 Å². The van der Waals surface area contributed by atoms with Gasteiger partial charge in [0.15, 0.2) is 6.10 Å². The Kier molecular flexibility index (Phi) is 4.06. The zero-order valence-electron chi connectivity index (χ0n) is 13.0. The summed E-state index contributed by atoms with van der Waals surface area (Å²) >= 11 is 0. The molecule has 0 saturated carbocycles. The molecule has 120 valence electrons. The second-order valence-corrected chi connectivity index (χ2v) is 5.60. The van der Waals surface area contributed by atoms with E-state index in [9.17, 15) is 9.59 Å². The van der Waals surface area contributed by atoms with Gasteiger partial charge < -0.3 is 19.4 Å². The molecule has 1 aromatic heterocycles. The molecule has 1 aliphatic rings. The summed E-state index contributed by atoms with van der Waals surface area (Å²) in [7, 11) is 1.77. The molecule has 23 heavy (non-hydrogen) atoms. The number of amides is 2. The molecule has 6 nitrogen and oxygen atoms in total. The first-order chi connectivity index (χ1) is 11.0. The molecule has 1 saturated heterocycles. The van der Waals surface area contributed by atoms with Gasteiger partial charge in [-0.15, -0.1) is 0 Å². The van der Waals surface area contributed by atoms with Crippen molar-refractivity contribution in [2.45, 2.75) is 19.4 Å². The third-order valence-corrected chi connectivity index (χ3v) is 3.89. The molecule has 1 fully saturated rings. The number of furan rings is 1. The molecule has 0 spiro atoms. The molecule has 0 aliphatic carbocycles. The lowest BCUT2D eigenvalue weighted by molar-refractivity contribution is -0.132. The van der Waals surface area contributed by atoms with Crippen LogP contribution in [0.3, 0.4) is 0 Å². The van der Waals surface area contributed by atoms with Crippen molar-refractivity contribution in [3.63, 3.8) is 0 Å². The number of benzene rings is 1. The van der Waals surface area contributed by atoms with Crippen LogP contribution in [0.1, 0.15) is 22.3 Å². The first-order valence-electron chi connectivity index (χ1n) is 7.40. The molecule has 6 heteroatoms. The number of carbonyl (C=O) groups is 2. The van der Waals surface area contributed by atoms with Gasteiger partial charge >= 0.3 is 0 Å². The van der Waals surface area contributed by atoms with E-state index in [0.29, 0.717) is 30.0 Å². The van der Waals surface area contributed by atoms with Gasteiger partial charge in [0, 0.05) is 25.7 Å². The highest BCUT2D eigenvalue weighted by molar-refractivity contribution is 6.04. The smallest absolute Gasteiger partial charge is 0.263 e.